The summed E-state index contributed by atoms with van der Waals surface area (Å²) in [6.07, 6.45) is 1.35. The standard InChI is InChI=1S/C11H9N5O2/c1-18-11(17)7-2-3-8(13)9(4-7)16-6-14-10(5-12)15-16/h2-4,6H,13H2,1H3. The summed E-state index contributed by atoms with van der Waals surface area (Å²) < 4.78 is 5.95. The van der Waals surface area contributed by atoms with Crippen LogP contribution >= 0.6 is 0 Å². The van der Waals surface area contributed by atoms with Gasteiger partial charge in [-0.25, -0.2) is 14.5 Å². The van der Waals surface area contributed by atoms with Crippen molar-refractivity contribution in [2.75, 3.05) is 12.8 Å². The molecule has 0 aliphatic heterocycles. The van der Waals surface area contributed by atoms with E-state index >= 15 is 0 Å². The van der Waals surface area contributed by atoms with Gasteiger partial charge >= 0.3 is 5.97 Å². The van der Waals surface area contributed by atoms with Crippen LogP contribution in [0.4, 0.5) is 5.69 Å². The molecular weight excluding hydrogens is 234 g/mol. The summed E-state index contributed by atoms with van der Waals surface area (Å²) in [7, 11) is 1.29. The minimum atomic E-state index is -0.475. The fraction of sp³-hybridized carbons (Fsp3) is 0.0909. The molecule has 90 valence electrons. The fourth-order valence-electron chi connectivity index (χ4n) is 1.42. The number of hydrogen-bond acceptors (Lipinski definition) is 6. The van der Waals surface area contributed by atoms with E-state index in [0.717, 1.165) is 0 Å². The molecule has 0 saturated heterocycles. The molecule has 0 aliphatic rings. The van der Waals surface area contributed by atoms with E-state index < -0.39 is 5.97 Å². The Morgan fingerprint density at radius 2 is 2.33 bits per heavy atom. The molecule has 7 heteroatoms. The highest BCUT2D eigenvalue weighted by Crippen LogP contribution is 2.18. The molecule has 0 bridgehead atoms. The first-order chi connectivity index (χ1) is 8.65. The monoisotopic (exact) mass is 243 g/mol. The van der Waals surface area contributed by atoms with Crippen molar-refractivity contribution in [1.82, 2.24) is 14.8 Å². The van der Waals surface area contributed by atoms with E-state index in [2.05, 4.69) is 14.8 Å². The predicted molar refractivity (Wildman–Crippen MR) is 61.8 cm³/mol. The first kappa shape index (κ1) is 11.6. The average Bonchev–Trinajstić information content (AvgIpc) is 2.87. The number of ether oxygens (including phenoxy) is 1. The van der Waals surface area contributed by atoms with Gasteiger partial charge in [-0.2, -0.15) is 5.26 Å². The van der Waals surface area contributed by atoms with E-state index in [0.29, 0.717) is 16.9 Å². The van der Waals surface area contributed by atoms with E-state index in [1.807, 2.05) is 6.07 Å². The number of carbonyl (C=O) groups excluding carboxylic acids is 1. The smallest absolute Gasteiger partial charge is 0.337 e. The highest BCUT2D eigenvalue weighted by Gasteiger charge is 2.11. The summed E-state index contributed by atoms with van der Waals surface area (Å²) in [5.74, 6) is -0.449. The van der Waals surface area contributed by atoms with Crippen molar-refractivity contribution in [1.29, 1.82) is 5.26 Å². The van der Waals surface area contributed by atoms with Gasteiger partial charge in [0.2, 0.25) is 0 Å². The Morgan fingerprint density at radius 3 is 2.94 bits per heavy atom. The Morgan fingerprint density at radius 1 is 1.56 bits per heavy atom. The van der Waals surface area contributed by atoms with Gasteiger partial charge in [0.05, 0.1) is 24.0 Å². The van der Waals surface area contributed by atoms with Gasteiger partial charge < -0.3 is 10.5 Å². The van der Waals surface area contributed by atoms with Crippen LogP contribution in [0.3, 0.4) is 0 Å². The lowest BCUT2D eigenvalue weighted by atomic mass is 10.2. The predicted octanol–water partition coefficient (Wildman–Crippen LogP) is 0.508. The molecule has 0 unspecified atom stereocenters. The summed E-state index contributed by atoms with van der Waals surface area (Å²) in [6.45, 7) is 0. The van der Waals surface area contributed by atoms with Gasteiger partial charge in [0.1, 0.15) is 12.4 Å². The summed E-state index contributed by atoms with van der Waals surface area (Å²) in [5.41, 5.74) is 7.01. The molecule has 1 heterocycles. The van der Waals surface area contributed by atoms with E-state index in [1.165, 1.54) is 24.2 Å². The Kier molecular flexibility index (Phi) is 2.93. The topological polar surface area (TPSA) is 107 Å². The quantitative estimate of drug-likeness (QED) is 0.608. The lowest BCUT2D eigenvalue weighted by molar-refractivity contribution is 0.0600. The SMILES string of the molecule is COC(=O)c1ccc(N)c(-n2cnc(C#N)n2)c1. The molecule has 0 amide bonds. The normalized spacial score (nSPS) is 9.78. The van der Waals surface area contributed by atoms with Crippen LogP contribution in [0.5, 0.6) is 0 Å². The molecular formula is C11H9N5O2. The molecule has 2 rings (SSSR count). The number of nitrogens with zero attached hydrogens (tertiary/aromatic N) is 4. The molecule has 0 saturated carbocycles. The second-order valence-corrected chi connectivity index (χ2v) is 3.39. The molecule has 0 atom stereocenters. The number of anilines is 1. The zero-order chi connectivity index (χ0) is 13.1. The van der Waals surface area contributed by atoms with E-state index in [1.54, 1.807) is 12.1 Å². The third-order valence-electron chi connectivity index (χ3n) is 2.29. The molecule has 0 aliphatic carbocycles. The molecule has 0 spiro atoms. The molecule has 18 heavy (non-hydrogen) atoms. The van der Waals surface area contributed by atoms with Crippen LogP contribution < -0.4 is 5.73 Å². The number of benzene rings is 1. The third kappa shape index (κ3) is 1.99. The summed E-state index contributed by atoms with van der Waals surface area (Å²) in [6, 6.07) is 6.45. The van der Waals surface area contributed by atoms with E-state index in [-0.39, 0.29) is 5.82 Å². The maximum absolute atomic E-state index is 11.4. The molecule has 2 N–H and O–H groups in total. The molecule has 7 nitrogen and oxygen atoms in total. The molecule has 1 aromatic carbocycles. The summed E-state index contributed by atoms with van der Waals surface area (Å²) >= 11 is 0. The van der Waals surface area contributed by atoms with Crippen LogP contribution in [-0.2, 0) is 4.74 Å². The van der Waals surface area contributed by atoms with Crippen molar-refractivity contribution in [2.24, 2.45) is 0 Å². The maximum atomic E-state index is 11.4. The van der Waals surface area contributed by atoms with Crippen molar-refractivity contribution in [2.45, 2.75) is 0 Å². The zero-order valence-electron chi connectivity index (χ0n) is 9.49. The van der Waals surface area contributed by atoms with Crippen LogP contribution in [0, 0.1) is 11.3 Å². The van der Waals surface area contributed by atoms with Gasteiger partial charge in [-0.15, -0.1) is 5.10 Å². The van der Waals surface area contributed by atoms with E-state index in [4.69, 9.17) is 11.0 Å². The van der Waals surface area contributed by atoms with Crippen molar-refractivity contribution >= 4 is 11.7 Å². The molecule has 2 aromatic rings. The Bertz CT molecular complexity index is 641. The average molecular weight is 243 g/mol. The Balaban J connectivity index is 2.50. The van der Waals surface area contributed by atoms with Gasteiger partial charge in [0, 0.05) is 0 Å². The van der Waals surface area contributed by atoms with Crippen LogP contribution in [0.1, 0.15) is 16.2 Å². The van der Waals surface area contributed by atoms with Crippen LogP contribution in [0.25, 0.3) is 5.69 Å². The highest BCUT2D eigenvalue weighted by atomic mass is 16.5. The number of carbonyl (C=O) groups is 1. The van der Waals surface area contributed by atoms with Crippen molar-refractivity contribution in [3.8, 4) is 11.8 Å². The van der Waals surface area contributed by atoms with Crippen LogP contribution in [0.2, 0.25) is 0 Å². The van der Waals surface area contributed by atoms with Crippen LogP contribution in [-0.4, -0.2) is 27.8 Å². The first-order valence-corrected chi connectivity index (χ1v) is 4.95. The zero-order valence-corrected chi connectivity index (χ0v) is 9.49. The molecule has 1 aromatic heterocycles. The third-order valence-corrected chi connectivity index (χ3v) is 2.29. The second kappa shape index (κ2) is 4.55. The lowest BCUT2D eigenvalue weighted by Crippen LogP contribution is -2.06. The van der Waals surface area contributed by atoms with Crippen LogP contribution in [0.15, 0.2) is 24.5 Å². The number of nitrogen functional groups attached to an aromatic ring is 1. The number of rotatable bonds is 2. The summed E-state index contributed by atoms with van der Waals surface area (Å²) in [4.78, 5) is 15.2. The van der Waals surface area contributed by atoms with Gasteiger partial charge in [0.25, 0.3) is 5.82 Å². The largest absolute Gasteiger partial charge is 0.465 e. The first-order valence-electron chi connectivity index (χ1n) is 4.95. The van der Waals surface area contributed by atoms with Gasteiger partial charge in [-0.3, -0.25) is 0 Å². The van der Waals surface area contributed by atoms with E-state index in [9.17, 15) is 4.79 Å². The van der Waals surface area contributed by atoms with Gasteiger partial charge in [-0.05, 0) is 18.2 Å². The Labute approximate surface area is 102 Å². The lowest BCUT2D eigenvalue weighted by Gasteiger charge is -2.06. The number of nitrogens with two attached hydrogens (primary N) is 1. The number of methoxy groups -OCH3 is 1. The second-order valence-electron chi connectivity index (χ2n) is 3.39. The number of esters is 1. The number of aromatic nitrogens is 3. The number of nitriles is 1. The van der Waals surface area contributed by atoms with Crippen molar-refractivity contribution in [3.05, 3.63) is 35.9 Å². The molecule has 0 radical (unpaired) electrons. The fourth-order valence-corrected chi connectivity index (χ4v) is 1.42. The maximum Gasteiger partial charge on any atom is 0.337 e. The summed E-state index contributed by atoms with van der Waals surface area (Å²) in [5, 5.41) is 12.6. The van der Waals surface area contributed by atoms with Gasteiger partial charge in [-0.1, -0.05) is 0 Å². The highest BCUT2D eigenvalue weighted by molar-refractivity contribution is 5.90. The van der Waals surface area contributed by atoms with Crippen molar-refractivity contribution < 1.29 is 9.53 Å². The van der Waals surface area contributed by atoms with Crippen molar-refractivity contribution in [3.63, 3.8) is 0 Å². The Hall–Kier alpha value is -2.88. The minimum Gasteiger partial charge on any atom is -0.465 e. The van der Waals surface area contributed by atoms with Gasteiger partial charge in [0.15, 0.2) is 0 Å². The molecule has 0 fully saturated rings. The number of hydrogen-bond donors (Lipinski definition) is 1. The minimum absolute atomic E-state index is 0.0258.